The molecule has 3 N–H and O–H groups in total. The van der Waals surface area contributed by atoms with E-state index in [1.54, 1.807) is 0 Å². The van der Waals surface area contributed by atoms with Gasteiger partial charge in [0.2, 0.25) is 0 Å². The van der Waals surface area contributed by atoms with E-state index in [4.69, 9.17) is 4.98 Å². The van der Waals surface area contributed by atoms with E-state index in [1.807, 2.05) is 48.5 Å². The van der Waals surface area contributed by atoms with Gasteiger partial charge < -0.3 is 10.6 Å². The lowest BCUT2D eigenvalue weighted by molar-refractivity contribution is 0.0950. The molecule has 2 aromatic carbocycles. The van der Waals surface area contributed by atoms with Gasteiger partial charge in [-0.2, -0.15) is 0 Å². The predicted molar refractivity (Wildman–Crippen MR) is 126 cm³/mol. The van der Waals surface area contributed by atoms with Crippen LogP contribution in [0.2, 0.25) is 0 Å². The Labute approximate surface area is 185 Å². The van der Waals surface area contributed by atoms with Crippen LogP contribution in [0.4, 0.5) is 5.69 Å². The lowest BCUT2D eigenvalue weighted by Gasteiger charge is -2.21. The van der Waals surface area contributed by atoms with Crippen LogP contribution in [0.5, 0.6) is 0 Å². The molecule has 0 fully saturated rings. The first-order chi connectivity index (χ1) is 15.7. The number of carbonyl (C=O) groups is 1. The Hall–Kier alpha value is -3.87. The summed E-state index contributed by atoms with van der Waals surface area (Å²) in [6.07, 6.45) is 4.38. The number of aromatic amines is 1. The van der Waals surface area contributed by atoms with Crippen molar-refractivity contribution in [1.82, 2.24) is 20.1 Å². The SMILES string of the molecule is O=C(NCCNc1c2c(nc3ccccc13)CCCC2)c1cc(=O)n(-c2ccccc2)[nH]1. The second-order valence-corrected chi connectivity index (χ2v) is 8.00. The van der Waals surface area contributed by atoms with Gasteiger partial charge in [-0.15, -0.1) is 0 Å². The largest absolute Gasteiger partial charge is 0.382 e. The maximum absolute atomic E-state index is 12.6. The number of carbonyl (C=O) groups excluding carboxylic acids is 1. The minimum absolute atomic E-state index is 0.241. The number of H-pyrrole nitrogens is 1. The van der Waals surface area contributed by atoms with Gasteiger partial charge in [-0.05, 0) is 49.4 Å². The number of hydrogen-bond acceptors (Lipinski definition) is 4. The zero-order valence-electron chi connectivity index (χ0n) is 17.7. The van der Waals surface area contributed by atoms with E-state index in [0.29, 0.717) is 18.8 Å². The quantitative estimate of drug-likeness (QED) is 0.411. The fourth-order valence-electron chi connectivity index (χ4n) is 4.31. The maximum Gasteiger partial charge on any atom is 0.271 e. The number of para-hydroxylation sites is 2. The van der Waals surface area contributed by atoms with Crippen LogP contribution in [0.15, 0.2) is 65.5 Å². The molecule has 1 aliphatic rings. The summed E-state index contributed by atoms with van der Waals surface area (Å²) >= 11 is 0. The summed E-state index contributed by atoms with van der Waals surface area (Å²) in [6.45, 7) is 1.01. The summed E-state index contributed by atoms with van der Waals surface area (Å²) in [7, 11) is 0. The van der Waals surface area contributed by atoms with Gasteiger partial charge in [0, 0.05) is 35.9 Å². The van der Waals surface area contributed by atoms with E-state index in [-0.39, 0.29) is 17.2 Å². The summed E-state index contributed by atoms with van der Waals surface area (Å²) in [6, 6.07) is 18.7. The molecule has 162 valence electrons. The van der Waals surface area contributed by atoms with E-state index in [9.17, 15) is 9.59 Å². The van der Waals surface area contributed by atoms with E-state index in [2.05, 4.69) is 21.8 Å². The van der Waals surface area contributed by atoms with Crippen molar-refractivity contribution in [2.45, 2.75) is 25.7 Å². The summed E-state index contributed by atoms with van der Waals surface area (Å²) in [5.74, 6) is -0.305. The molecular formula is C25H25N5O2. The zero-order chi connectivity index (χ0) is 21.9. The van der Waals surface area contributed by atoms with Crippen LogP contribution in [0, 0.1) is 0 Å². The molecule has 7 nitrogen and oxygen atoms in total. The minimum atomic E-state index is -0.305. The van der Waals surface area contributed by atoms with Gasteiger partial charge in [0.1, 0.15) is 5.69 Å². The van der Waals surface area contributed by atoms with Crippen LogP contribution in [0.25, 0.3) is 16.6 Å². The molecule has 2 heterocycles. The van der Waals surface area contributed by atoms with Crippen molar-refractivity contribution < 1.29 is 4.79 Å². The number of fused-ring (bicyclic) bond motifs is 2. The Morgan fingerprint density at radius 1 is 1.00 bits per heavy atom. The highest BCUT2D eigenvalue weighted by atomic mass is 16.2. The van der Waals surface area contributed by atoms with Crippen LogP contribution in [0.3, 0.4) is 0 Å². The first-order valence-electron chi connectivity index (χ1n) is 11.0. The molecule has 0 bridgehead atoms. The van der Waals surface area contributed by atoms with Crippen LogP contribution in [-0.4, -0.2) is 33.8 Å². The third-order valence-electron chi connectivity index (χ3n) is 5.86. The van der Waals surface area contributed by atoms with Crippen molar-refractivity contribution in [1.29, 1.82) is 0 Å². The predicted octanol–water partition coefficient (Wildman–Crippen LogP) is 3.43. The highest BCUT2D eigenvalue weighted by Crippen LogP contribution is 2.33. The topological polar surface area (TPSA) is 91.8 Å². The highest BCUT2D eigenvalue weighted by molar-refractivity contribution is 5.94. The van der Waals surface area contributed by atoms with Crippen molar-refractivity contribution in [3.63, 3.8) is 0 Å². The number of rotatable bonds is 6. The Kier molecular flexibility index (Phi) is 5.46. The molecule has 0 atom stereocenters. The Morgan fingerprint density at radius 2 is 1.78 bits per heavy atom. The number of nitrogens with one attached hydrogen (secondary N) is 3. The smallest absolute Gasteiger partial charge is 0.271 e. The number of benzene rings is 2. The van der Waals surface area contributed by atoms with Gasteiger partial charge in [-0.3, -0.25) is 19.7 Å². The number of aromatic nitrogens is 3. The van der Waals surface area contributed by atoms with Gasteiger partial charge >= 0.3 is 0 Å². The molecule has 0 saturated carbocycles. The Bertz CT molecular complexity index is 1320. The molecule has 0 aliphatic heterocycles. The second-order valence-electron chi connectivity index (χ2n) is 8.00. The maximum atomic E-state index is 12.6. The van der Waals surface area contributed by atoms with Crippen molar-refractivity contribution in [2.24, 2.45) is 0 Å². The molecule has 2 aromatic heterocycles. The second kappa shape index (κ2) is 8.70. The summed E-state index contributed by atoms with van der Waals surface area (Å²) in [5.41, 5.74) is 5.27. The van der Waals surface area contributed by atoms with Gasteiger partial charge in [-0.25, -0.2) is 4.68 Å². The number of hydrogen-bond donors (Lipinski definition) is 3. The summed E-state index contributed by atoms with van der Waals surface area (Å²) in [4.78, 5) is 29.7. The van der Waals surface area contributed by atoms with Crippen molar-refractivity contribution in [2.75, 3.05) is 18.4 Å². The molecule has 0 saturated heterocycles. The van der Waals surface area contributed by atoms with Gasteiger partial charge in [0.25, 0.3) is 11.5 Å². The molecule has 0 radical (unpaired) electrons. The first-order valence-corrected chi connectivity index (χ1v) is 11.0. The fourth-order valence-corrected chi connectivity index (χ4v) is 4.31. The minimum Gasteiger partial charge on any atom is -0.382 e. The number of pyridine rings is 1. The standard InChI is InChI=1S/C25H25N5O2/c31-23-16-22(29-30(23)17-8-2-1-3-9-17)25(32)27-15-14-26-24-18-10-4-6-12-20(18)28-21-13-7-5-11-19(21)24/h1-4,6,8-10,12,16,29H,5,7,11,13-15H2,(H,26,28)(H,27,32). The normalized spacial score (nSPS) is 13.0. The van der Waals surface area contributed by atoms with Crippen molar-refractivity contribution >= 4 is 22.5 Å². The lowest BCUT2D eigenvalue weighted by Crippen LogP contribution is -2.29. The fraction of sp³-hybridized carbons (Fsp3) is 0.240. The first kappa shape index (κ1) is 20.1. The van der Waals surface area contributed by atoms with Crippen LogP contribution in [-0.2, 0) is 12.8 Å². The molecule has 32 heavy (non-hydrogen) atoms. The Morgan fingerprint density at radius 3 is 2.66 bits per heavy atom. The monoisotopic (exact) mass is 427 g/mol. The van der Waals surface area contributed by atoms with Gasteiger partial charge in [-0.1, -0.05) is 36.4 Å². The van der Waals surface area contributed by atoms with Gasteiger partial charge in [0.15, 0.2) is 0 Å². The van der Waals surface area contributed by atoms with Gasteiger partial charge in [0.05, 0.1) is 11.2 Å². The highest BCUT2D eigenvalue weighted by Gasteiger charge is 2.18. The average molecular weight is 428 g/mol. The zero-order valence-corrected chi connectivity index (χ0v) is 17.7. The van der Waals surface area contributed by atoms with E-state index >= 15 is 0 Å². The van der Waals surface area contributed by atoms with Crippen LogP contribution < -0.4 is 16.2 Å². The number of amides is 1. The van der Waals surface area contributed by atoms with E-state index in [0.717, 1.165) is 29.4 Å². The number of anilines is 1. The third-order valence-corrected chi connectivity index (χ3v) is 5.86. The third kappa shape index (κ3) is 3.89. The molecular weight excluding hydrogens is 402 g/mol. The Balaban J connectivity index is 1.27. The summed E-state index contributed by atoms with van der Waals surface area (Å²) in [5, 5.41) is 10.4. The molecule has 1 aliphatic carbocycles. The van der Waals surface area contributed by atoms with E-state index < -0.39 is 0 Å². The molecule has 0 spiro atoms. The van der Waals surface area contributed by atoms with Crippen molar-refractivity contribution in [3.8, 4) is 5.69 Å². The average Bonchev–Trinajstić information content (AvgIpc) is 3.23. The molecule has 0 unspecified atom stereocenters. The molecule has 7 heteroatoms. The lowest BCUT2D eigenvalue weighted by atomic mass is 9.92. The molecule has 1 amide bonds. The number of aryl methyl sites for hydroxylation is 1. The van der Waals surface area contributed by atoms with Crippen molar-refractivity contribution in [3.05, 3.63) is 88.0 Å². The summed E-state index contributed by atoms with van der Waals surface area (Å²) < 4.78 is 1.36. The molecule has 4 aromatic rings. The van der Waals surface area contributed by atoms with Crippen LogP contribution in [0.1, 0.15) is 34.6 Å². The molecule has 5 rings (SSSR count). The van der Waals surface area contributed by atoms with E-state index in [1.165, 1.54) is 34.8 Å². The number of nitrogens with zero attached hydrogens (tertiary/aromatic N) is 2. The van der Waals surface area contributed by atoms with Crippen LogP contribution >= 0.6 is 0 Å².